The van der Waals surface area contributed by atoms with E-state index in [9.17, 15) is 0 Å². The van der Waals surface area contributed by atoms with Crippen LogP contribution in [0, 0.1) is 0 Å². The molecular weight excluding hydrogens is 380 g/mol. The number of para-hydroxylation sites is 4. The van der Waals surface area contributed by atoms with E-state index in [0.717, 1.165) is 48.9 Å². The van der Waals surface area contributed by atoms with Crippen molar-refractivity contribution < 1.29 is 18.9 Å². The van der Waals surface area contributed by atoms with Crippen molar-refractivity contribution >= 4 is 0 Å². The van der Waals surface area contributed by atoms with Gasteiger partial charge >= 0.3 is 0 Å². The van der Waals surface area contributed by atoms with Crippen LogP contribution in [-0.2, 0) is 0 Å². The van der Waals surface area contributed by atoms with Gasteiger partial charge in [-0.2, -0.15) is 0 Å². The zero-order valence-corrected chi connectivity index (χ0v) is 17.8. The second-order valence-electron chi connectivity index (χ2n) is 8.02. The Hall–Kier alpha value is -2.44. The van der Waals surface area contributed by atoms with Gasteiger partial charge in [0.1, 0.15) is 25.4 Å². The molecular formula is C24H32N2O4. The predicted octanol–water partition coefficient (Wildman–Crippen LogP) is 3.40. The summed E-state index contributed by atoms with van der Waals surface area (Å²) in [5, 5.41) is 7.14. The molecule has 0 spiro atoms. The van der Waals surface area contributed by atoms with Gasteiger partial charge in [-0.1, -0.05) is 24.3 Å². The topological polar surface area (TPSA) is 61.0 Å². The molecule has 2 aromatic carbocycles. The number of benzene rings is 2. The molecule has 0 radical (unpaired) electrons. The zero-order valence-electron chi connectivity index (χ0n) is 17.8. The van der Waals surface area contributed by atoms with Gasteiger partial charge in [-0.25, -0.2) is 0 Å². The minimum absolute atomic E-state index is 0.0318. The van der Waals surface area contributed by atoms with Crippen LogP contribution < -0.4 is 29.6 Å². The van der Waals surface area contributed by atoms with Crippen LogP contribution in [0.5, 0.6) is 23.0 Å². The molecule has 0 aromatic heterocycles. The molecule has 2 aliphatic heterocycles. The van der Waals surface area contributed by atoms with Crippen LogP contribution in [0.1, 0.15) is 26.7 Å². The van der Waals surface area contributed by atoms with Crippen molar-refractivity contribution in [2.75, 3.05) is 26.3 Å². The number of hydrogen-bond acceptors (Lipinski definition) is 6. The molecule has 0 saturated carbocycles. The highest BCUT2D eigenvalue weighted by Crippen LogP contribution is 2.32. The summed E-state index contributed by atoms with van der Waals surface area (Å²) in [4.78, 5) is 0. The highest BCUT2D eigenvalue weighted by molar-refractivity contribution is 5.41. The van der Waals surface area contributed by atoms with Crippen LogP contribution in [0.3, 0.4) is 0 Å². The summed E-state index contributed by atoms with van der Waals surface area (Å²) in [5.41, 5.74) is 0. The maximum atomic E-state index is 6.07. The fourth-order valence-corrected chi connectivity index (χ4v) is 3.74. The molecule has 0 amide bonds. The third-order valence-electron chi connectivity index (χ3n) is 5.71. The summed E-state index contributed by atoms with van der Waals surface area (Å²) in [5.74, 6) is 3.32. The molecule has 2 N–H and O–H groups in total. The van der Waals surface area contributed by atoms with Crippen molar-refractivity contribution in [2.24, 2.45) is 0 Å². The largest absolute Gasteiger partial charge is 0.486 e. The first-order valence-electron chi connectivity index (χ1n) is 10.9. The molecule has 30 heavy (non-hydrogen) atoms. The standard InChI is InChI=1S/C24H32N2O4/c1-17(23-15-27-19-9-3-5-11-21(19)29-23)25-13-7-8-14-26-18(2)24-16-28-20-10-4-6-12-22(20)30-24/h3-6,9-12,17-18,23-26H,7-8,13-16H2,1-2H3/t17-,18+,23-,24-/m1/s1. The number of rotatable bonds is 9. The van der Waals surface area contributed by atoms with Gasteiger partial charge in [-0.15, -0.1) is 0 Å². The number of unbranched alkanes of at least 4 members (excludes halogenated alkanes) is 1. The average Bonchev–Trinajstić information content (AvgIpc) is 2.80. The van der Waals surface area contributed by atoms with Crippen molar-refractivity contribution in [3.63, 3.8) is 0 Å². The van der Waals surface area contributed by atoms with E-state index in [1.54, 1.807) is 0 Å². The Balaban J connectivity index is 1.10. The quantitative estimate of drug-likeness (QED) is 0.616. The molecule has 2 aromatic rings. The van der Waals surface area contributed by atoms with E-state index in [1.807, 2.05) is 48.5 Å². The molecule has 0 saturated heterocycles. The number of nitrogens with one attached hydrogen (secondary N) is 2. The lowest BCUT2D eigenvalue weighted by molar-refractivity contribution is 0.0656. The molecule has 0 unspecified atom stereocenters. The van der Waals surface area contributed by atoms with Crippen LogP contribution >= 0.6 is 0 Å². The minimum atomic E-state index is 0.0318. The van der Waals surface area contributed by atoms with Crippen molar-refractivity contribution in [1.29, 1.82) is 0 Å². The van der Waals surface area contributed by atoms with Gasteiger partial charge in [0, 0.05) is 12.1 Å². The molecule has 6 nitrogen and oxygen atoms in total. The first-order chi connectivity index (χ1) is 14.7. The first-order valence-corrected chi connectivity index (χ1v) is 10.9. The van der Waals surface area contributed by atoms with Crippen LogP contribution in [0.25, 0.3) is 0 Å². The van der Waals surface area contributed by atoms with Crippen LogP contribution in [0.2, 0.25) is 0 Å². The fraction of sp³-hybridized carbons (Fsp3) is 0.500. The molecule has 4 rings (SSSR count). The third kappa shape index (κ3) is 5.18. The van der Waals surface area contributed by atoms with E-state index in [1.165, 1.54) is 0 Å². The van der Waals surface area contributed by atoms with Gasteiger partial charge < -0.3 is 29.6 Å². The second-order valence-corrected chi connectivity index (χ2v) is 8.02. The lowest BCUT2D eigenvalue weighted by Gasteiger charge is -2.31. The second kappa shape index (κ2) is 10.0. The van der Waals surface area contributed by atoms with Crippen molar-refractivity contribution in [3.05, 3.63) is 48.5 Å². The summed E-state index contributed by atoms with van der Waals surface area (Å²) in [6, 6.07) is 16.1. The summed E-state index contributed by atoms with van der Waals surface area (Å²) in [7, 11) is 0. The SMILES string of the molecule is C[C@H](NCCCCN[C@H](C)[C@H]1COc2ccccc2O1)[C@H]1COc2ccccc2O1. The van der Waals surface area contributed by atoms with Gasteiger partial charge in [0.15, 0.2) is 23.0 Å². The molecule has 162 valence electrons. The van der Waals surface area contributed by atoms with E-state index < -0.39 is 0 Å². The summed E-state index contributed by atoms with van der Waals surface area (Å²) in [6.07, 6.45) is 2.26. The Morgan fingerprint density at radius 3 is 1.53 bits per heavy atom. The summed E-state index contributed by atoms with van der Waals surface area (Å²) < 4.78 is 23.8. The summed E-state index contributed by atoms with van der Waals surface area (Å²) >= 11 is 0. The zero-order chi connectivity index (χ0) is 20.8. The van der Waals surface area contributed by atoms with Crippen LogP contribution in [0.4, 0.5) is 0 Å². The normalized spacial score (nSPS) is 21.7. The highest BCUT2D eigenvalue weighted by Gasteiger charge is 2.26. The molecule has 6 heteroatoms. The lowest BCUT2D eigenvalue weighted by atomic mass is 10.1. The number of hydrogen-bond donors (Lipinski definition) is 2. The Morgan fingerprint density at radius 1 is 0.700 bits per heavy atom. The van der Waals surface area contributed by atoms with Gasteiger partial charge in [-0.3, -0.25) is 0 Å². The third-order valence-corrected chi connectivity index (χ3v) is 5.71. The van der Waals surface area contributed by atoms with E-state index in [2.05, 4.69) is 24.5 Å². The van der Waals surface area contributed by atoms with Gasteiger partial charge in [0.25, 0.3) is 0 Å². The number of ether oxygens (including phenoxy) is 4. The van der Waals surface area contributed by atoms with E-state index in [-0.39, 0.29) is 24.3 Å². The van der Waals surface area contributed by atoms with Gasteiger partial charge in [-0.05, 0) is 64.0 Å². The Kier molecular flexibility index (Phi) is 6.97. The van der Waals surface area contributed by atoms with Crippen molar-refractivity contribution in [2.45, 2.75) is 51.0 Å². The van der Waals surface area contributed by atoms with E-state index in [0.29, 0.717) is 13.2 Å². The smallest absolute Gasteiger partial charge is 0.161 e. The lowest BCUT2D eigenvalue weighted by Crippen LogP contribution is -2.47. The Labute approximate surface area is 178 Å². The molecule has 2 aliphatic rings. The minimum Gasteiger partial charge on any atom is -0.486 e. The van der Waals surface area contributed by atoms with E-state index in [4.69, 9.17) is 18.9 Å². The van der Waals surface area contributed by atoms with Gasteiger partial charge in [0.05, 0.1) is 0 Å². The molecule has 2 heterocycles. The van der Waals surface area contributed by atoms with Crippen molar-refractivity contribution in [1.82, 2.24) is 10.6 Å². The van der Waals surface area contributed by atoms with Crippen molar-refractivity contribution in [3.8, 4) is 23.0 Å². The monoisotopic (exact) mass is 412 g/mol. The Bertz CT molecular complexity index is 748. The first kappa shape index (κ1) is 20.8. The van der Waals surface area contributed by atoms with Crippen LogP contribution in [-0.4, -0.2) is 50.6 Å². The Morgan fingerprint density at radius 2 is 1.10 bits per heavy atom. The van der Waals surface area contributed by atoms with Gasteiger partial charge in [0.2, 0.25) is 0 Å². The molecule has 0 bridgehead atoms. The predicted molar refractivity (Wildman–Crippen MR) is 117 cm³/mol. The molecule has 0 aliphatic carbocycles. The maximum Gasteiger partial charge on any atom is 0.161 e. The molecule has 0 fully saturated rings. The van der Waals surface area contributed by atoms with E-state index >= 15 is 0 Å². The fourth-order valence-electron chi connectivity index (χ4n) is 3.74. The highest BCUT2D eigenvalue weighted by atomic mass is 16.6. The number of fused-ring (bicyclic) bond motifs is 2. The van der Waals surface area contributed by atoms with Crippen LogP contribution in [0.15, 0.2) is 48.5 Å². The molecule has 4 atom stereocenters. The summed E-state index contributed by atoms with van der Waals surface area (Å²) in [6.45, 7) is 7.37. The average molecular weight is 413 g/mol. The maximum absolute atomic E-state index is 6.07.